The summed E-state index contributed by atoms with van der Waals surface area (Å²) in [6.07, 6.45) is 11.1. The van der Waals surface area contributed by atoms with Gasteiger partial charge in [0.25, 0.3) is 0 Å². The first-order chi connectivity index (χ1) is 4.81. The second-order valence-electron chi connectivity index (χ2n) is 2.62. The van der Waals surface area contributed by atoms with Gasteiger partial charge < -0.3 is 5.73 Å². The molecule has 0 fully saturated rings. The molecule has 0 aliphatic rings. The molecule has 11 heavy (non-hydrogen) atoms. The predicted octanol–water partition coefficient (Wildman–Crippen LogP) is 2.34. The van der Waals surface area contributed by atoms with Crippen LogP contribution in [0.15, 0.2) is 0 Å². The molecule has 0 heterocycles. The van der Waals surface area contributed by atoms with E-state index in [0.29, 0.717) is 0 Å². The van der Waals surface area contributed by atoms with Crippen molar-refractivity contribution in [2.45, 2.75) is 45.1 Å². The van der Waals surface area contributed by atoms with E-state index in [1.54, 1.807) is 0 Å². The van der Waals surface area contributed by atoms with Gasteiger partial charge in [0.1, 0.15) is 0 Å². The number of unbranched alkanes of at least 4 members (excludes halogenated alkanes) is 3. The minimum atomic E-state index is -0.0168. The highest BCUT2D eigenvalue weighted by molar-refractivity contribution is 5.85. The van der Waals surface area contributed by atoms with Gasteiger partial charge in [-0.3, -0.25) is 0 Å². The molecule has 0 bridgehead atoms. The number of halogens is 1. The molecule has 0 rings (SSSR count). The Morgan fingerprint density at radius 2 is 2.00 bits per heavy atom. The number of nitrogens with two attached hydrogens (primary N) is 1. The number of hydrogen-bond donors (Lipinski definition) is 1. The molecule has 0 aliphatic heterocycles. The lowest BCUT2D eigenvalue weighted by Gasteiger charge is -2.01. The molecule has 0 amide bonds. The van der Waals surface area contributed by atoms with Gasteiger partial charge in [0.2, 0.25) is 0 Å². The lowest BCUT2D eigenvalue weighted by Crippen LogP contribution is -2.16. The van der Waals surface area contributed by atoms with E-state index < -0.39 is 0 Å². The summed E-state index contributed by atoms with van der Waals surface area (Å²) in [6, 6.07) is -0.0168. The normalized spacial score (nSPS) is 11.4. The Hall–Kier alpha value is -0.190. The van der Waals surface area contributed by atoms with Crippen LogP contribution in [-0.4, -0.2) is 6.04 Å². The second-order valence-corrected chi connectivity index (χ2v) is 2.62. The van der Waals surface area contributed by atoms with Gasteiger partial charge in [0.15, 0.2) is 0 Å². The van der Waals surface area contributed by atoms with E-state index in [-0.39, 0.29) is 18.4 Å². The molecule has 0 aliphatic carbocycles. The fourth-order valence-electron chi connectivity index (χ4n) is 0.874. The van der Waals surface area contributed by atoms with Crippen molar-refractivity contribution in [3.8, 4) is 12.3 Å². The summed E-state index contributed by atoms with van der Waals surface area (Å²) in [7, 11) is 0. The quantitative estimate of drug-likeness (QED) is 0.504. The summed E-state index contributed by atoms with van der Waals surface area (Å²) in [6.45, 7) is 2.20. The molecule has 1 nitrogen and oxygen atoms in total. The Bertz CT molecular complexity index is 107. The Labute approximate surface area is 76.2 Å². The number of hydrogen-bond acceptors (Lipinski definition) is 1. The van der Waals surface area contributed by atoms with E-state index >= 15 is 0 Å². The monoisotopic (exact) mass is 175 g/mol. The Kier molecular flexibility index (Phi) is 12.0. The van der Waals surface area contributed by atoms with Crippen LogP contribution in [0.25, 0.3) is 0 Å². The predicted molar refractivity (Wildman–Crippen MR) is 52.8 cm³/mol. The van der Waals surface area contributed by atoms with Crippen molar-refractivity contribution in [3.05, 3.63) is 0 Å². The number of terminal acetylenes is 1. The van der Waals surface area contributed by atoms with Crippen molar-refractivity contribution in [2.24, 2.45) is 5.73 Å². The van der Waals surface area contributed by atoms with Crippen molar-refractivity contribution < 1.29 is 0 Å². The van der Waals surface area contributed by atoms with Gasteiger partial charge in [0, 0.05) is 0 Å². The molecular formula is C9H18ClN. The summed E-state index contributed by atoms with van der Waals surface area (Å²) >= 11 is 0. The van der Waals surface area contributed by atoms with Gasteiger partial charge in [-0.15, -0.1) is 18.8 Å². The van der Waals surface area contributed by atoms with Gasteiger partial charge in [-0.2, -0.15) is 0 Å². The van der Waals surface area contributed by atoms with E-state index in [4.69, 9.17) is 12.2 Å². The van der Waals surface area contributed by atoms with Crippen LogP contribution in [0.4, 0.5) is 0 Å². The maximum absolute atomic E-state index is 5.52. The fraction of sp³-hybridized carbons (Fsp3) is 0.778. The molecular weight excluding hydrogens is 158 g/mol. The molecule has 0 aromatic carbocycles. The van der Waals surface area contributed by atoms with Crippen LogP contribution in [0.1, 0.15) is 39.0 Å². The molecule has 0 saturated carbocycles. The van der Waals surface area contributed by atoms with E-state index in [1.807, 2.05) is 0 Å². The molecule has 1 unspecified atom stereocenters. The van der Waals surface area contributed by atoms with Crippen LogP contribution in [0.2, 0.25) is 0 Å². The van der Waals surface area contributed by atoms with E-state index in [9.17, 15) is 0 Å². The van der Waals surface area contributed by atoms with Crippen LogP contribution in [0.5, 0.6) is 0 Å². The van der Waals surface area contributed by atoms with Crippen molar-refractivity contribution >= 4 is 12.4 Å². The molecule has 2 N–H and O–H groups in total. The maximum Gasteiger partial charge on any atom is 0.0661 e. The average Bonchev–Trinajstić information content (AvgIpc) is 1.98. The van der Waals surface area contributed by atoms with E-state index in [0.717, 1.165) is 6.42 Å². The first kappa shape index (κ1) is 13.4. The Morgan fingerprint density at radius 1 is 1.36 bits per heavy atom. The third-order valence-electron chi connectivity index (χ3n) is 1.58. The molecule has 66 valence electrons. The van der Waals surface area contributed by atoms with Crippen LogP contribution >= 0.6 is 12.4 Å². The maximum atomic E-state index is 5.52. The zero-order valence-electron chi connectivity index (χ0n) is 7.18. The van der Waals surface area contributed by atoms with Gasteiger partial charge in [-0.05, 0) is 6.42 Å². The highest BCUT2D eigenvalue weighted by Gasteiger charge is 1.94. The summed E-state index contributed by atoms with van der Waals surface area (Å²) in [5.74, 6) is 2.52. The smallest absolute Gasteiger partial charge is 0.0661 e. The Balaban J connectivity index is 0. The topological polar surface area (TPSA) is 26.0 Å². The van der Waals surface area contributed by atoms with E-state index in [2.05, 4.69) is 12.8 Å². The standard InChI is InChI=1S/C9H17N.ClH/c1-3-5-6-7-8-9(10)4-2;/h2,9H,3,5-8,10H2,1H3;1H. The van der Waals surface area contributed by atoms with Gasteiger partial charge in [-0.1, -0.05) is 38.5 Å². The summed E-state index contributed by atoms with van der Waals surface area (Å²) < 4.78 is 0. The minimum absolute atomic E-state index is 0. The van der Waals surface area contributed by atoms with E-state index in [1.165, 1.54) is 25.7 Å². The molecule has 0 spiro atoms. The highest BCUT2D eigenvalue weighted by atomic mass is 35.5. The third-order valence-corrected chi connectivity index (χ3v) is 1.58. The van der Waals surface area contributed by atoms with Crippen LogP contribution in [0, 0.1) is 12.3 Å². The van der Waals surface area contributed by atoms with Crippen molar-refractivity contribution in [2.75, 3.05) is 0 Å². The highest BCUT2D eigenvalue weighted by Crippen LogP contribution is 2.03. The molecule has 0 saturated heterocycles. The van der Waals surface area contributed by atoms with Gasteiger partial charge in [0.05, 0.1) is 6.04 Å². The lowest BCUT2D eigenvalue weighted by atomic mass is 10.1. The van der Waals surface area contributed by atoms with Crippen LogP contribution in [0.3, 0.4) is 0 Å². The zero-order chi connectivity index (χ0) is 7.82. The molecule has 0 aromatic heterocycles. The third kappa shape index (κ3) is 9.81. The molecule has 0 aromatic rings. The second kappa shape index (κ2) is 9.81. The van der Waals surface area contributed by atoms with Gasteiger partial charge in [-0.25, -0.2) is 0 Å². The lowest BCUT2D eigenvalue weighted by molar-refractivity contribution is 0.607. The summed E-state index contributed by atoms with van der Waals surface area (Å²) in [5, 5.41) is 0. The first-order valence-corrected chi connectivity index (χ1v) is 4.03. The SMILES string of the molecule is C#CC(N)CCCCCC.Cl. The van der Waals surface area contributed by atoms with Crippen LogP contribution < -0.4 is 5.73 Å². The first-order valence-electron chi connectivity index (χ1n) is 4.03. The van der Waals surface area contributed by atoms with Crippen molar-refractivity contribution in [1.29, 1.82) is 0 Å². The molecule has 2 heteroatoms. The summed E-state index contributed by atoms with van der Waals surface area (Å²) in [5.41, 5.74) is 5.52. The zero-order valence-corrected chi connectivity index (χ0v) is 7.99. The summed E-state index contributed by atoms with van der Waals surface area (Å²) in [4.78, 5) is 0. The van der Waals surface area contributed by atoms with Gasteiger partial charge >= 0.3 is 0 Å². The average molecular weight is 176 g/mol. The number of rotatable bonds is 5. The van der Waals surface area contributed by atoms with Crippen molar-refractivity contribution in [1.82, 2.24) is 0 Å². The minimum Gasteiger partial charge on any atom is -0.318 e. The van der Waals surface area contributed by atoms with Crippen LogP contribution in [-0.2, 0) is 0 Å². The molecule has 1 atom stereocenters. The van der Waals surface area contributed by atoms with Crippen molar-refractivity contribution in [3.63, 3.8) is 0 Å². The molecule has 0 radical (unpaired) electrons. The Morgan fingerprint density at radius 3 is 2.45 bits per heavy atom. The largest absolute Gasteiger partial charge is 0.318 e. The fourth-order valence-corrected chi connectivity index (χ4v) is 0.874.